The SMILES string of the molecule is COc1cc(CC(CN)c2cccc(Cl)c2Cl)ccc1O. The van der Waals surface area contributed by atoms with Gasteiger partial charge in [-0.1, -0.05) is 41.4 Å². The summed E-state index contributed by atoms with van der Waals surface area (Å²) < 4.78 is 5.12. The van der Waals surface area contributed by atoms with Crippen molar-refractivity contribution in [3.05, 3.63) is 57.6 Å². The van der Waals surface area contributed by atoms with Crippen LogP contribution < -0.4 is 10.5 Å². The minimum atomic E-state index is 0.0467. The number of halogens is 2. The molecule has 0 heterocycles. The number of phenols is 1. The molecule has 112 valence electrons. The molecule has 0 radical (unpaired) electrons. The smallest absolute Gasteiger partial charge is 0.160 e. The van der Waals surface area contributed by atoms with Crippen molar-refractivity contribution < 1.29 is 9.84 Å². The number of ether oxygens (including phenoxy) is 1. The van der Waals surface area contributed by atoms with E-state index in [0.717, 1.165) is 11.1 Å². The summed E-state index contributed by atoms with van der Waals surface area (Å²) in [5.41, 5.74) is 7.83. The lowest BCUT2D eigenvalue weighted by molar-refractivity contribution is 0.373. The molecule has 0 aromatic heterocycles. The maximum Gasteiger partial charge on any atom is 0.160 e. The second-order valence-electron chi connectivity index (χ2n) is 4.79. The lowest BCUT2D eigenvalue weighted by Gasteiger charge is -2.18. The molecular formula is C16H17Cl2NO2. The molecule has 0 aliphatic heterocycles. The predicted molar refractivity (Wildman–Crippen MR) is 86.6 cm³/mol. The molecule has 3 nitrogen and oxygen atoms in total. The maximum atomic E-state index is 9.64. The second kappa shape index (κ2) is 7.03. The van der Waals surface area contributed by atoms with Gasteiger partial charge in [0.25, 0.3) is 0 Å². The molecule has 0 spiro atoms. The molecule has 2 aromatic rings. The summed E-state index contributed by atoms with van der Waals surface area (Å²) in [5, 5.41) is 10.7. The van der Waals surface area contributed by atoms with Crippen molar-refractivity contribution in [2.24, 2.45) is 5.73 Å². The van der Waals surface area contributed by atoms with Gasteiger partial charge in [-0.3, -0.25) is 0 Å². The largest absolute Gasteiger partial charge is 0.504 e. The number of hydrogen-bond donors (Lipinski definition) is 2. The topological polar surface area (TPSA) is 55.5 Å². The monoisotopic (exact) mass is 325 g/mol. The van der Waals surface area contributed by atoms with Crippen LogP contribution in [0.3, 0.4) is 0 Å². The van der Waals surface area contributed by atoms with E-state index in [4.69, 9.17) is 33.7 Å². The summed E-state index contributed by atoms with van der Waals surface area (Å²) in [5.74, 6) is 0.609. The summed E-state index contributed by atoms with van der Waals surface area (Å²) in [6.07, 6.45) is 0.688. The van der Waals surface area contributed by atoms with Gasteiger partial charge in [-0.05, 0) is 42.3 Å². The van der Waals surface area contributed by atoms with E-state index in [1.54, 1.807) is 18.2 Å². The van der Waals surface area contributed by atoms with E-state index in [1.165, 1.54) is 7.11 Å². The molecular weight excluding hydrogens is 309 g/mol. The summed E-state index contributed by atoms with van der Waals surface area (Å²) in [7, 11) is 1.52. The molecule has 5 heteroatoms. The van der Waals surface area contributed by atoms with E-state index in [9.17, 15) is 5.11 Å². The van der Waals surface area contributed by atoms with Gasteiger partial charge in [0.1, 0.15) is 0 Å². The van der Waals surface area contributed by atoms with Crippen LogP contribution in [0.15, 0.2) is 36.4 Å². The number of aromatic hydroxyl groups is 1. The van der Waals surface area contributed by atoms with Gasteiger partial charge in [-0.25, -0.2) is 0 Å². The van der Waals surface area contributed by atoms with Gasteiger partial charge in [-0.15, -0.1) is 0 Å². The van der Waals surface area contributed by atoms with Crippen molar-refractivity contribution in [1.29, 1.82) is 0 Å². The average Bonchev–Trinajstić information content (AvgIpc) is 2.49. The van der Waals surface area contributed by atoms with Crippen LogP contribution in [-0.4, -0.2) is 18.8 Å². The van der Waals surface area contributed by atoms with Crippen molar-refractivity contribution in [1.82, 2.24) is 0 Å². The Hall–Kier alpha value is -1.42. The third-order valence-corrected chi connectivity index (χ3v) is 4.27. The van der Waals surface area contributed by atoms with E-state index >= 15 is 0 Å². The lowest BCUT2D eigenvalue weighted by atomic mass is 9.92. The molecule has 0 saturated heterocycles. The van der Waals surface area contributed by atoms with Crippen LogP contribution >= 0.6 is 23.2 Å². The zero-order chi connectivity index (χ0) is 15.4. The Morgan fingerprint density at radius 1 is 1.24 bits per heavy atom. The average molecular weight is 326 g/mol. The van der Waals surface area contributed by atoms with Crippen molar-refractivity contribution >= 4 is 23.2 Å². The minimum absolute atomic E-state index is 0.0467. The van der Waals surface area contributed by atoms with Crippen molar-refractivity contribution in [2.45, 2.75) is 12.3 Å². The van der Waals surface area contributed by atoms with Gasteiger partial charge in [0.05, 0.1) is 17.2 Å². The summed E-state index contributed by atoms with van der Waals surface area (Å²) in [4.78, 5) is 0. The molecule has 0 aliphatic rings. The summed E-state index contributed by atoms with van der Waals surface area (Å²) >= 11 is 12.3. The van der Waals surface area contributed by atoms with E-state index in [0.29, 0.717) is 28.8 Å². The van der Waals surface area contributed by atoms with E-state index in [-0.39, 0.29) is 11.7 Å². The van der Waals surface area contributed by atoms with Crippen LogP contribution in [0.1, 0.15) is 17.0 Å². The molecule has 0 bridgehead atoms. The highest BCUT2D eigenvalue weighted by atomic mass is 35.5. The van der Waals surface area contributed by atoms with Gasteiger partial charge < -0.3 is 15.6 Å². The van der Waals surface area contributed by atoms with Crippen LogP contribution in [0, 0.1) is 0 Å². The fourth-order valence-electron chi connectivity index (χ4n) is 2.29. The van der Waals surface area contributed by atoms with Crippen LogP contribution in [0.4, 0.5) is 0 Å². The molecule has 0 saturated carbocycles. The van der Waals surface area contributed by atoms with Crippen molar-refractivity contribution in [3.8, 4) is 11.5 Å². The first-order valence-electron chi connectivity index (χ1n) is 6.56. The minimum Gasteiger partial charge on any atom is -0.504 e. The fraction of sp³-hybridized carbons (Fsp3) is 0.250. The number of benzene rings is 2. The number of methoxy groups -OCH3 is 1. The van der Waals surface area contributed by atoms with Gasteiger partial charge in [-0.2, -0.15) is 0 Å². The second-order valence-corrected chi connectivity index (χ2v) is 5.57. The first-order chi connectivity index (χ1) is 10.1. The first kappa shape index (κ1) is 16.0. The Morgan fingerprint density at radius 2 is 2.00 bits per heavy atom. The van der Waals surface area contributed by atoms with Gasteiger partial charge in [0.15, 0.2) is 11.5 Å². The molecule has 21 heavy (non-hydrogen) atoms. The molecule has 0 aliphatic carbocycles. The highest BCUT2D eigenvalue weighted by molar-refractivity contribution is 6.42. The zero-order valence-corrected chi connectivity index (χ0v) is 13.2. The van der Waals surface area contributed by atoms with Gasteiger partial charge in [0, 0.05) is 5.92 Å². The van der Waals surface area contributed by atoms with Crippen LogP contribution in [-0.2, 0) is 6.42 Å². The van der Waals surface area contributed by atoms with Crippen molar-refractivity contribution in [2.75, 3.05) is 13.7 Å². The Morgan fingerprint density at radius 3 is 2.67 bits per heavy atom. The first-order valence-corrected chi connectivity index (χ1v) is 7.32. The zero-order valence-electron chi connectivity index (χ0n) is 11.6. The number of nitrogens with two attached hydrogens (primary N) is 1. The maximum absolute atomic E-state index is 9.64. The Kier molecular flexibility index (Phi) is 5.34. The van der Waals surface area contributed by atoms with Gasteiger partial charge >= 0.3 is 0 Å². The van der Waals surface area contributed by atoms with Crippen LogP contribution in [0.2, 0.25) is 10.0 Å². The normalized spacial score (nSPS) is 12.2. The number of phenolic OH excluding ortho intramolecular Hbond substituents is 1. The van der Waals surface area contributed by atoms with Crippen molar-refractivity contribution in [3.63, 3.8) is 0 Å². The molecule has 1 unspecified atom stereocenters. The number of rotatable bonds is 5. The standard InChI is InChI=1S/C16H17Cl2NO2/c1-21-15-8-10(5-6-14(15)20)7-11(9-19)12-3-2-4-13(17)16(12)18/h2-6,8,11,20H,7,9,19H2,1H3. The number of hydrogen-bond acceptors (Lipinski definition) is 3. The quantitative estimate of drug-likeness (QED) is 0.873. The van der Waals surface area contributed by atoms with Crippen LogP contribution in [0.5, 0.6) is 11.5 Å². The highest BCUT2D eigenvalue weighted by Gasteiger charge is 2.16. The Labute approximate surface area is 134 Å². The molecule has 1 atom stereocenters. The molecule has 0 amide bonds. The van der Waals surface area contributed by atoms with E-state index in [2.05, 4.69) is 0 Å². The summed E-state index contributed by atoms with van der Waals surface area (Å²) in [6, 6.07) is 10.8. The highest BCUT2D eigenvalue weighted by Crippen LogP contribution is 2.34. The summed E-state index contributed by atoms with van der Waals surface area (Å²) in [6.45, 7) is 0.448. The van der Waals surface area contributed by atoms with Crippen LogP contribution in [0.25, 0.3) is 0 Å². The Balaban J connectivity index is 2.29. The molecule has 2 rings (SSSR count). The molecule has 3 N–H and O–H groups in total. The third kappa shape index (κ3) is 3.62. The molecule has 0 fully saturated rings. The predicted octanol–water partition coefficient (Wildman–Crippen LogP) is 3.99. The fourth-order valence-corrected chi connectivity index (χ4v) is 2.75. The molecule has 2 aromatic carbocycles. The Bertz CT molecular complexity index is 632. The van der Waals surface area contributed by atoms with Gasteiger partial charge in [0.2, 0.25) is 0 Å². The van der Waals surface area contributed by atoms with E-state index in [1.807, 2.05) is 18.2 Å². The lowest BCUT2D eigenvalue weighted by Crippen LogP contribution is -2.15. The third-order valence-electron chi connectivity index (χ3n) is 3.43. The van der Waals surface area contributed by atoms with E-state index < -0.39 is 0 Å².